The highest BCUT2D eigenvalue weighted by molar-refractivity contribution is 5.99. The molecule has 0 spiro atoms. The number of aromatic nitrogens is 2. The second kappa shape index (κ2) is 20.9. The minimum Gasteiger partial charge on any atom is -0.460 e. The molecule has 46 heavy (non-hydrogen) atoms. The molecule has 1 heterocycles. The van der Waals surface area contributed by atoms with Gasteiger partial charge < -0.3 is 25.0 Å². The monoisotopic (exact) mass is 668 g/mol. The summed E-state index contributed by atoms with van der Waals surface area (Å²) in [5.74, 6) is -0.401. The number of carbonyl (C=O) groups is 3. The number of allylic oxidation sites excluding steroid dienone is 1. The summed E-state index contributed by atoms with van der Waals surface area (Å²) in [5.41, 5.74) is 3.85. The van der Waals surface area contributed by atoms with E-state index in [0.717, 1.165) is 37.7 Å². The van der Waals surface area contributed by atoms with Crippen molar-refractivity contribution in [3.63, 3.8) is 0 Å². The summed E-state index contributed by atoms with van der Waals surface area (Å²) in [7, 11) is 3.72. The van der Waals surface area contributed by atoms with E-state index in [0.29, 0.717) is 6.42 Å². The van der Waals surface area contributed by atoms with Crippen molar-refractivity contribution in [3.8, 4) is 0 Å². The number of nitrogens with one attached hydrogen (secondary N) is 1. The van der Waals surface area contributed by atoms with Gasteiger partial charge in [0.15, 0.2) is 5.78 Å². The van der Waals surface area contributed by atoms with E-state index in [2.05, 4.69) is 41.4 Å². The predicted molar refractivity (Wildman–Crippen MR) is 187 cm³/mol. The highest BCUT2D eigenvalue weighted by atomic mass is 35.5. The zero-order valence-electron chi connectivity index (χ0n) is 30.1. The first-order chi connectivity index (χ1) is 20.8. The average molecular weight is 669 g/mol. The molecule has 1 aromatic heterocycles. The molecule has 12 heteroatoms. The van der Waals surface area contributed by atoms with E-state index in [4.69, 9.17) is 14.9 Å². The van der Waals surface area contributed by atoms with Crippen LogP contribution in [0.3, 0.4) is 0 Å². The third kappa shape index (κ3) is 19.5. The number of ketones is 1. The Hall–Kier alpha value is -3.05. The number of rotatable bonds is 11. The molecule has 264 valence electrons. The average Bonchev–Trinajstić information content (AvgIpc) is 3.86. The van der Waals surface area contributed by atoms with Crippen molar-refractivity contribution >= 4 is 36.5 Å². The molecule has 2 aliphatic rings. The van der Waals surface area contributed by atoms with Crippen LogP contribution in [0.25, 0.3) is 0 Å². The molecule has 0 aromatic carbocycles. The molecular weight excluding hydrogens is 608 g/mol. The normalized spacial score (nSPS) is 15.2. The molecule has 0 atom stereocenters. The van der Waals surface area contributed by atoms with Crippen LogP contribution in [0.1, 0.15) is 107 Å². The highest BCUT2D eigenvalue weighted by Crippen LogP contribution is 2.51. The second-order valence-corrected chi connectivity index (χ2v) is 13.6. The Morgan fingerprint density at radius 1 is 0.913 bits per heavy atom. The fourth-order valence-corrected chi connectivity index (χ4v) is 4.31. The largest absolute Gasteiger partial charge is 0.460 e. The first-order valence-corrected chi connectivity index (χ1v) is 15.8. The van der Waals surface area contributed by atoms with Crippen LogP contribution in [-0.2, 0) is 29.3 Å². The maximum atomic E-state index is 12.0. The number of nitrogens with zero attached hydrogens (tertiary/aromatic N) is 4. The van der Waals surface area contributed by atoms with Gasteiger partial charge in [0.2, 0.25) is 0 Å². The minimum absolute atomic E-state index is 0. The van der Waals surface area contributed by atoms with Gasteiger partial charge in [-0.05, 0) is 99.0 Å². The summed E-state index contributed by atoms with van der Waals surface area (Å²) in [6, 6.07) is 1.89. The Balaban J connectivity index is 0. The molecule has 2 aliphatic carbocycles. The van der Waals surface area contributed by atoms with Crippen molar-refractivity contribution < 1.29 is 23.9 Å². The third-order valence-corrected chi connectivity index (χ3v) is 7.03. The number of carbonyl (C=O) groups excluding carboxylic acids is 3. The van der Waals surface area contributed by atoms with E-state index in [1.165, 1.54) is 26.0 Å². The SMILES string of the molecule is CC(C)(C)OC(=O)CC1(c2ccncn2)CC1.CCN(CC)CC.CN(C)/C=C/C(=O)C1(CC(=O)OC(C)(C)C)CC1.Cl.N=CN. The topological polar surface area (TPSA) is 152 Å². The quantitative estimate of drug-likeness (QED) is 0.130. The summed E-state index contributed by atoms with van der Waals surface area (Å²) in [4.78, 5) is 47.9. The van der Waals surface area contributed by atoms with E-state index in [1.54, 1.807) is 23.4 Å². The van der Waals surface area contributed by atoms with Gasteiger partial charge in [-0.3, -0.25) is 19.8 Å². The van der Waals surface area contributed by atoms with Gasteiger partial charge in [0.1, 0.15) is 17.5 Å². The van der Waals surface area contributed by atoms with Crippen molar-refractivity contribution in [1.82, 2.24) is 19.8 Å². The second-order valence-electron chi connectivity index (χ2n) is 13.6. The minimum atomic E-state index is -0.491. The smallest absolute Gasteiger partial charge is 0.307 e. The zero-order valence-corrected chi connectivity index (χ0v) is 31.0. The Morgan fingerprint density at radius 2 is 1.37 bits per heavy atom. The molecular formula is C34H61ClN6O5. The first kappa shape index (κ1) is 45.1. The standard InChI is InChI=1S/C14H23NO3.C13H18N2O2.C6H15N.CH4N2.ClH/c1-13(2,3)18-12(17)10-14(7-8-14)11(16)6-9-15(4)5;1-12(2,3)17-11(16)8-13(5-6-13)10-4-7-14-9-15-10;1-4-7(5-2)6-3;2-1-3;/h6,9H,7-8,10H2,1-5H3;4,7,9H,5-6,8H2,1-3H3;4-6H2,1-3H3;1H,(H3,2,3);1H/b9-6+;;;;. The highest BCUT2D eigenvalue weighted by Gasteiger charge is 2.50. The van der Waals surface area contributed by atoms with Crippen molar-refractivity contribution in [2.75, 3.05) is 33.7 Å². The van der Waals surface area contributed by atoms with Gasteiger partial charge >= 0.3 is 11.9 Å². The molecule has 0 amide bonds. The lowest BCUT2D eigenvalue weighted by molar-refractivity contribution is -0.157. The van der Waals surface area contributed by atoms with Gasteiger partial charge in [0, 0.05) is 37.3 Å². The lowest BCUT2D eigenvalue weighted by atomic mass is 9.96. The lowest BCUT2D eigenvalue weighted by Crippen LogP contribution is -2.27. The Bertz CT molecular complexity index is 1070. The van der Waals surface area contributed by atoms with Crippen molar-refractivity contribution in [3.05, 3.63) is 36.6 Å². The molecule has 0 radical (unpaired) electrons. The number of hydrogen-bond donors (Lipinski definition) is 2. The number of esters is 2. The first-order valence-electron chi connectivity index (χ1n) is 15.8. The van der Waals surface area contributed by atoms with E-state index < -0.39 is 16.6 Å². The van der Waals surface area contributed by atoms with E-state index >= 15 is 0 Å². The van der Waals surface area contributed by atoms with Crippen molar-refractivity contribution in [2.45, 2.75) is 117 Å². The number of nitrogens with two attached hydrogens (primary N) is 1. The van der Waals surface area contributed by atoms with Gasteiger partial charge in [-0.2, -0.15) is 0 Å². The van der Waals surface area contributed by atoms with E-state index in [1.807, 2.05) is 61.7 Å². The molecule has 3 rings (SSSR count). The predicted octanol–water partition coefficient (Wildman–Crippen LogP) is 5.70. The van der Waals surface area contributed by atoms with Crippen LogP contribution in [0.4, 0.5) is 0 Å². The fraction of sp³-hybridized carbons (Fsp3) is 0.706. The number of hydrogen-bond acceptors (Lipinski definition) is 10. The van der Waals surface area contributed by atoms with Crippen molar-refractivity contribution in [1.29, 1.82) is 5.41 Å². The Labute approximate surface area is 284 Å². The van der Waals surface area contributed by atoms with Crippen molar-refractivity contribution in [2.24, 2.45) is 11.1 Å². The van der Waals surface area contributed by atoms with Crippen LogP contribution in [0.15, 0.2) is 30.9 Å². The zero-order chi connectivity index (χ0) is 34.9. The van der Waals surface area contributed by atoms with Gasteiger partial charge in [-0.15, -0.1) is 12.4 Å². The summed E-state index contributed by atoms with van der Waals surface area (Å²) < 4.78 is 10.6. The molecule has 3 N–H and O–H groups in total. The molecule has 0 unspecified atom stereocenters. The lowest BCUT2D eigenvalue weighted by Gasteiger charge is -2.21. The summed E-state index contributed by atoms with van der Waals surface area (Å²) >= 11 is 0. The molecule has 0 bridgehead atoms. The molecule has 2 fully saturated rings. The van der Waals surface area contributed by atoms with Crippen LogP contribution in [-0.4, -0.2) is 88.8 Å². The Kier molecular flexibility index (Phi) is 20.5. The van der Waals surface area contributed by atoms with Crippen LogP contribution >= 0.6 is 12.4 Å². The van der Waals surface area contributed by atoms with E-state index in [9.17, 15) is 14.4 Å². The van der Waals surface area contributed by atoms with Gasteiger partial charge in [0.05, 0.1) is 24.9 Å². The van der Waals surface area contributed by atoms with E-state index in [-0.39, 0.29) is 42.0 Å². The van der Waals surface area contributed by atoms with Crippen LogP contribution < -0.4 is 5.73 Å². The van der Waals surface area contributed by atoms with Gasteiger partial charge in [0.25, 0.3) is 0 Å². The Morgan fingerprint density at radius 3 is 1.67 bits per heavy atom. The molecule has 0 saturated heterocycles. The number of ether oxygens (including phenoxy) is 2. The fourth-order valence-electron chi connectivity index (χ4n) is 4.31. The maximum Gasteiger partial charge on any atom is 0.307 e. The molecule has 11 nitrogen and oxygen atoms in total. The summed E-state index contributed by atoms with van der Waals surface area (Å²) in [5, 5.41) is 5.86. The summed E-state index contributed by atoms with van der Waals surface area (Å²) in [6.45, 7) is 21.3. The van der Waals surface area contributed by atoms with Crippen LogP contribution in [0, 0.1) is 10.8 Å². The maximum absolute atomic E-state index is 12.0. The van der Waals surface area contributed by atoms with Crippen LogP contribution in [0.5, 0.6) is 0 Å². The third-order valence-electron chi connectivity index (χ3n) is 7.03. The molecule has 2 saturated carbocycles. The summed E-state index contributed by atoms with van der Waals surface area (Å²) in [6.07, 6.45) is 11.5. The number of halogens is 1. The van der Waals surface area contributed by atoms with Gasteiger partial charge in [-0.25, -0.2) is 9.97 Å². The molecule has 0 aliphatic heterocycles. The van der Waals surface area contributed by atoms with Crippen LogP contribution in [0.2, 0.25) is 0 Å². The molecule has 1 aromatic rings. The van der Waals surface area contributed by atoms with Gasteiger partial charge in [-0.1, -0.05) is 20.8 Å².